The lowest BCUT2D eigenvalue weighted by Crippen LogP contribution is -2.22. The number of Topliss-reactive ketones (excluding diaryl/α,β-unsaturated/α-hetero) is 1. The highest BCUT2D eigenvalue weighted by Crippen LogP contribution is 2.50. The van der Waals surface area contributed by atoms with Gasteiger partial charge in [0.15, 0.2) is 11.5 Å². The molecule has 0 saturated heterocycles. The molecule has 29 heavy (non-hydrogen) atoms. The summed E-state index contributed by atoms with van der Waals surface area (Å²) in [5.74, 6) is 2.06. The molecule has 1 atom stereocenters. The minimum atomic E-state index is -0.242. The summed E-state index contributed by atoms with van der Waals surface area (Å²) < 4.78 is 22.7. The van der Waals surface area contributed by atoms with E-state index >= 15 is 0 Å². The van der Waals surface area contributed by atoms with Crippen LogP contribution in [0.1, 0.15) is 30.9 Å². The van der Waals surface area contributed by atoms with Gasteiger partial charge in [-0.3, -0.25) is 4.79 Å². The molecule has 0 amide bonds. The predicted octanol–water partition coefficient (Wildman–Crippen LogP) is 4.72. The first-order chi connectivity index (χ1) is 14.1. The van der Waals surface area contributed by atoms with E-state index in [1.807, 2.05) is 31.2 Å². The second kappa shape index (κ2) is 9.50. The maximum atomic E-state index is 12.9. The molecule has 1 aliphatic rings. The number of ketones is 1. The third-order valence-electron chi connectivity index (χ3n) is 5.19. The average Bonchev–Trinajstić information content (AvgIpc) is 2.75. The van der Waals surface area contributed by atoms with Crippen molar-refractivity contribution in [1.29, 1.82) is 0 Å². The number of hydrogen-bond acceptors (Lipinski definition) is 5. The van der Waals surface area contributed by atoms with Crippen LogP contribution < -0.4 is 18.9 Å². The van der Waals surface area contributed by atoms with Crippen LogP contribution in [0.5, 0.6) is 23.0 Å². The summed E-state index contributed by atoms with van der Waals surface area (Å²) in [4.78, 5) is 12.9. The van der Waals surface area contributed by atoms with E-state index in [0.717, 1.165) is 16.7 Å². The van der Waals surface area contributed by atoms with E-state index in [2.05, 4.69) is 18.2 Å². The SMILES string of the molecule is CCOc1c(C2=CCCC(=O)C2Cc2ccccc2)cc(OC)c(OC)c1OC. The van der Waals surface area contributed by atoms with Crippen molar-refractivity contribution < 1.29 is 23.7 Å². The van der Waals surface area contributed by atoms with Gasteiger partial charge in [-0.25, -0.2) is 0 Å². The highest BCUT2D eigenvalue weighted by Gasteiger charge is 2.32. The van der Waals surface area contributed by atoms with E-state index in [1.165, 1.54) is 0 Å². The van der Waals surface area contributed by atoms with E-state index < -0.39 is 0 Å². The molecule has 0 N–H and O–H groups in total. The Labute approximate surface area is 172 Å². The van der Waals surface area contributed by atoms with Crippen LogP contribution in [0.4, 0.5) is 0 Å². The number of carbonyl (C=O) groups is 1. The van der Waals surface area contributed by atoms with Crippen LogP contribution in [0.3, 0.4) is 0 Å². The van der Waals surface area contributed by atoms with Gasteiger partial charge < -0.3 is 18.9 Å². The van der Waals surface area contributed by atoms with Crippen molar-refractivity contribution in [3.8, 4) is 23.0 Å². The molecule has 154 valence electrons. The van der Waals surface area contributed by atoms with Gasteiger partial charge in [-0.2, -0.15) is 0 Å². The molecule has 0 aliphatic heterocycles. The topological polar surface area (TPSA) is 54.0 Å². The third kappa shape index (κ3) is 4.24. The first-order valence-corrected chi connectivity index (χ1v) is 9.87. The number of hydrogen-bond donors (Lipinski definition) is 0. The van der Waals surface area contributed by atoms with E-state index in [0.29, 0.717) is 48.9 Å². The van der Waals surface area contributed by atoms with Gasteiger partial charge in [0, 0.05) is 17.9 Å². The van der Waals surface area contributed by atoms with Crippen molar-refractivity contribution in [2.24, 2.45) is 5.92 Å². The number of rotatable bonds is 8. The molecule has 5 heteroatoms. The zero-order chi connectivity index (χ0) is 20.8. The van der Waals surface area contributed by atoms with Gasteiger partial charge >= 0.3 is 0 Å². The number of methoxy groups -OCH3 is 3. The Morgan fingerprint density at radius 3 is 2.31 bits per heavy atom. The summed E-state index contributed by atoms with van der Waals surface area (Å²) in [5.41, 5.74) is 2.90. The Bertz CT molecular complexity index is 886. The molecule has 0 fully saturated rings. The van der Waals surface area contributed by atoms with Gasteiger partial charge in [0.1, 0.15) is 5.78 Å². The molecule has 0 spiro atoms. The monoisotopic (exact) mass is 396 g/mol. The quantitative estimate of drug-likeness (QED) is 0.646. The summed E-state index contributed by atoms with van der Waals surface area (Å²) in [6.45, 7) is 2.38. The molecule has 0 aromatic heterocycles. The molecule has 0 bridgehead atoms. The second-order valence-corrected chi connectivity index (χ2v) is 6.86. The minimum Gasteiger partial charge on any atom is -0.493 e. The molecule has 2 aromatic carbocycles. The molecular weight excluding hydrogens is 368 g/mol. The Balaban J connectivity index is 2.15. The molecule has 5 nitrogen and oxygen atoms in total. The van der Waals surface area contributed by atoms with Crippen LogP contribution in [-0.4, -0.2) is 33.7 Å². The Hall–Kier alpha value is -2.95. The van der Waals surface area contributed by atoms with Crippen molar-refractivity contribution >= 4 is 11.4 Å². The molecule has 0 radical (unpaired) electrons. The van der Waals surface area contributed by atoms with Crippen LogP contribution in [-0.2, 0) is 11.2 Å². The summed E-state index contributed by atoms with van der Waals surface area (Å²) >= 11 is 0. The zero-order valence-electron chi connectivity index (χ0n) is 17.5. The van der Waals surface area contributed by atoms with Crippen molar-refractivity contribution in [3.63, 3.8) is 0 Å². The van der Waals surface area contributed by atoms with E-state index in [4.69, 9.17) is 18.9 Å². The lowest BCUT2D eigenvalue weighted by molar-refractivity contribution is -0.121. The van der Waals surface area contributed by atoms with Crippen LogP contribution in [0.2, 0.25) is 0 Å². The standard InChI is InChI=1S/C24H28O5/c1-5-29-22-19(15-21(26-2)23(27-3)24(22)28-4)17-12-9-13-20(25)18(17)14-16-10-7-6-8-11-16/h6-8,10-12,15,18H,5,9,13-14H2,1-4H3. The van der Waals surface area contributed by atoms with E-state index in [1.54, 1.807) is 21.3 Å². The summed E-state index contributed by atoms with van der Waals surface area (Å²) in [6, 6.07) is 12.0. The summed E-state index contributed by atoms with van der Waals surface area (Å²) in [5, 5.41) is 0. The van der Waals surface area contributed by atoms with Crippen LogP contribution in [0.25, 0.3) is 5.57 Å². The van der Waals surface area contributed by atoms with E-state index in [-0.39, 0.29) is 11.7 Å². The molecule has 0 heterocycles. The number of carbonyl (C=O) groups excluding carboxylic acids is 1. The lowest BCUT2D eigenvalue weighted by atomic mass is 9.78. The third-order valence-corrected chi connectivity index (χ3v) is 5.19. The largest absolute Gasteiger partial charge is 0.493 e. The van der Waals surface area contributed by atoms with Crippen molar-refractivity contribution in [2.75, 3.05) is 27.9 Å². The first-order valence-electron chi connectivity index (χ1n) is 9.87. The average molecular weight is 396 g/mol. The summed E-state index contributed by atoms with van der Waals surface area (Å²) in [6.07, 6.45) is 4.04. The fourth-order valence-electron chi connectivity index (χ4n) is 3.86. The highest BCUT2D eigenvalue weighted by atomic mass is 16.5. The lowest BCUT2D eigenvalue weighted by Gasteiger charge is -2.27. The Morgan fingerprint density at radius 1 is 0.966 bits per heavy atom. The maximum absolute atomic E-state index is 12.9. The smallest absolute Gasteiger partial charge is 0.207 e. The molecule has 3 rings (SSSR count). The van der Waals surface area contributed by atoms with Gasteiger partial charge in [-0.1, -0.05) is 36.4 Å². The fourth-order valence-corrected chi connectivity index (χ4v) is 3.86. The molecule has 1 unspecified atom stereocenters. The number of ether oxygens (including phenoxy) is 4. The normalized spacial score (nSPS) is 16.2. The van der Waals surface area contributed by atoms with Crippen molar-refractivity contribution in [2.45, 2.75) is 26.2 Å². The highest BCUT2D eigenvalue weighted by molar-refractivity contribution is 5.97. The molecular formula is C24H28O5. The van der Waals surface area contributed by atoms with Gasteiger partial charge in [0.05, 0.1) is 27.9 Å². The fraction of sp³-hybridized carbons (Fsp3) is 0.375. The molecule has 2 aromatic rings. The number of allylic oxidation sites excluding steroid dienone is 2. The van der Waals surface area contributed by atoms with Gasteiger partial charge in [0.2, 0.25) is 11.5 Å². The predicted molar refractivity (Wildman–Crippen MR) is 113 cm³/mol. The van der Waals surface area contributed by atoms with E-state index in [9.17, 15) is 4.79 Å². The Kier molecular flexibility index (Phi) is 6.81. The first kappa shape index (κ1) is 20.8. The Morgan fingerprint density at radius 2 is 1.69 bits per heavy atom. The summed E-state index contributed by atoms with van der Waals surface area (Å²) in [7, 11) is 4.73. The minimum absolute atomic E-state index is 0.238. The van der Waals surface area contributed by atoms with Gasteiger partial charge in [-0.15, -0.1) is 0 Å². The van der Waals surface area contributed by atoms with Crippen LogP contribution in [0.15, 0.2) is 42.5 Å². The zero-order valence-corrected chi connectivity index (χ0v) is 17.5. The van der Waals surface area contributed by atoms with Gasteiger partial charge in [-0.05, 0) is 37.0 Å². The number of benzene rings is 2. The second-order valence-electron chi connectivity index (χ2n) is 6.86. The van der Waals surface area contributed by atoms with Gasteiger partial charge in [0.25, 0.3) is 0 Å². The maximum Gasteiger partial charge on any atom is 0.207 e. The van der Waals surface area contributed by atoms with Crippen LogP contribution >= 0.6 is 0 Å². The molecule has 0 saturated carbocycles. The molecule has 1 aliphatic carbocycles. The van der Waals surface area contributed by atoms with Crippen molar-refractivity contribution in [3.05, 3.63) is 53.6 Å². The van der Waals surface area contributed by atoms with Crippen LogP contribution in [0, 0.1) is 5.92 Å². The van der Waals surface area contributed by atoms with Crippen molar-refractivity contribution in [1.82, 2.24) is 0 Å².